The summed E-state index contributed by atoms with van der Waals surface area (Å²) in [4.78, 5) is 29.6. The van der Waals surface area contributed by atoms with Crippen LogP contribution in [0.3, 0.4) is 0 Å². The van der Waals surface area contributed by atoms with Crippen molar-refractivity contribution in [2.24, 2.45) is 7.05 Å². The maximum Gasteiger partial charge on any atom is 0.332 e. The number of aromatic nitrogens is 5. The Hall–Kier alpha value is -2.57. The van der Waals surface area contributed by atoms with Gasteiger partial charge in [-0.2, -0.15) is 4.98 Å². The van der Waals surface area contributed by atoms with Crippen molar-refractivity contribution in [2.75, 3.05) is 0 Å². The van der Waals surface area contributed by atoms with Crippen molar-refractivity contribution < 1.29 is 0 Å². The summed E-state index contributed by atoms with van der Waals surface area (Å²) in [6, 6.07) is 0. The third kappa shape index (κ3) is 1.78. The van der Waals surface area contributed by atoms with Crippen LogP contribution >= 0.6 is 0 Å². The summed E-state index contributed by atoms with van der Waals surface area (Å²) in [5, 5.41) is 0. The number of hydrogen-bond donors (Lipinski definition) is 0. The number of allylic oxidation sites excluding steroid dienone is 2. The summed E-state index contributed by atoms with van der Waals surface area (Å²) in [5.74, 6) is 0.686. The van der Waals surface area contributed by atoms with Crippen molar-refractivity contribution in [3.8, 4) is 0 Å². The van der Waals surface area contributed by atoms with Gasteiger partial charge in [0, 0.05) is 32.0 Å². The highest BCUT2D eigenvalue weighted by molar-refractivity contribution is 5.75. The van der Waals surface area contributed by atoms with E-state index in [1.807, 2.05) is 37.6 Å². The summed E-state index contributed by atoms with van der Waals surface area (Å²) in [6.07, 6.45) is 5.50. The highest BCUT2D eigenvalue weighted by atomic mass is 16.2. The second kappa shape index (κ2) is 5.01. The maximum absolute atomic E-state index is 12.7. The first-order valence-corrected chi connectivity index (χ1v) is 7.30. The normalized spacial score (nSPS) is 12.2. The molecule has 3 aromatic heterocycles. The summed E-state index contributed by atoms with van der Waals surface area (Å²) in [5.41, 5.74) is 1.23. The quantitative estimate of drug-likeness (QED) is 0.679. The fraction of sp³-hybridized carbons (Fsp3) is 0.400. The minimum atomic E-state index is -0.351. The van der Waals surface area contributed by atoms with E-state index >= 15 is 0 Å². The molecule has 0 aliphatic carbocycles. The lowest BCUT2D eigenvalue weighted by Gasteiger charge is -2.05. The van der Waals surface area contributed by atoms with Crippen LogP contribution in [0.25, 0.3) is 16.9 Å². The molecule has 0 N–H and O–H groups in total. The van der Waals surface area contributed by atoms with Gasteiger partial charge in [-0.25, -0.2) is 4.79 Å². The Morgan fingerprint density at radius 3 is 2.64 bits per heavy atom. The topological polar surface area (TPSA) is 66.2 Å². The van der Waals surface area contributed by atoms with Gasteiger partial charge in [-0.3, -0.25) is 18.3 Å². The molecule has 7 heteroatoms. The molecule has 0 aliphatic rings. The van der Waals surface area contributed by atoms with Crippen molar-refractivity contribution in [3.63, 3.8) is 0 Å². The first-order chi connectivity index (χ1) is 10.5. The van der Waals surface area contributed by atoms with Gasteiger partial charge in [0.25, 0.3) is 5.56 Å². The average Bonchev–Trinajstić information content (AvgIpc) is 2.99. The summed E-state index contributed by atoms with van der Waals surface area (Å²) < 4.78 is 6.46. The number of fused-ring (bicyclic) bond motifs is 3. The van der Waals surface area contributed by atoms with Gasteiger partial charge >= 0.3 is 5.69 Å². The smallest absolute Gasteiger partial charge is 0.314 e. The minimum Gasteiger partial charge on any atom is -0.314 e. The van der Waals surface area contributed by atoms with Crippen LogP contribution in [0.2, 0.25) is 0 Å². The standard InChI is InChI=1S/C15H19N5O2/c1-5-7-8-19-13(21)11-12(17(4)15(19)22)16-14-18(6-2)10(3)9-20(11)14/h5,7,9H,6,8H2,1-4H3/b7-5-. The second-order valence-electron chi connectivity index (χ2n) is 5.30. The second-order valence-corrected chi connectivity index (χ2v) is 5.30. The van der Waals surface area contributed by atoms with Crippen LogP contribution < -0.4 is 11.2 Å². The molecule has 3 rings (SSSR count). The van der Waals surface area contributed by atoms with E-state index < -0.39 is 0 Å². The molecule has 0 saturated heterocycles. The zero-order valence-corrected chi connectivity index (χ0v) is 13.2. The zero-order chi connectivity index (χ0) is 16.0. The van der Waals surface area contributed by atoms with E-state index in [2.05, 4.69) is 4.98 Å². The van der Waals surface area contributed by atoms with E-state index in [9.17, 15) is 9.59 Å². The highest BCUT2D eigenvalue weighted by Gasteiger charge is 2.19. The van der Waals surface area contributed by atoms with Crippen molar-refractivity contribution >= 4 is 16.9 Å². The SMILES string of the molecule is C/C=C\Cn1c(=O)c2c(nc3n(CC)c(C)cn23)n(C)c1=O. The zero-order valence-electron chi connectivity index (χ0n) is 13.2. The molecule has 0 amide bonds. The van der Waals surface area contributed by atoms with Gasteiger partial charge in [0.05, 0.1) is 0 Å². The van der Waals surface area contributed by atoms with Crippen LogP contribution in [0.5, 0.6) is 0 Å². The van der Waals surface area contributed by atoms with Crippen LogP contribution in [0, 0.1) is 6.92 Å². The summed E-state index contributed by atoms with van der Waals surface area (Å²) in [6.45, 7) is 6.88. The van der Waals surface area contributed by atoms with Crippen LogP contribution in [-0.4, -0.2) is 23.1 Å². The van der Waals surface area contributed by atoms with E-state index in [1.54, 1.807) is 17.5 Å². The molecule has 0 fully saturated rings. The Morgan fingerprint density at radius 1 is 1.27 bits per heavy atom. The molecule has 116 valence electrons. The van der Waals surface area contributed by atoms with E-state index in [0.717, 1.165) is 12.2 Å². The molecule has 0 atom stereocenters. The van der Waals surface area contributed by atoms with Crippen LogP contribution in [0.1, 0.15) is 19.5 Å². The van der Waals surface area contributed by atoms with E-state index in [0.29, 0.717) is 16.9 Å². The summed E-state index contributed by atoms with van der Waals surface area (Å²) >= 11 is 0. The van der Waals surface area contributed by atoms with E-state index in [4.69, 9.17) is 0 Å². The Balaban J connectivity index is 2.50. The third-order valence-electron chi connectivity index (χ3n) is 3.98. The molecule has 0 spiro atoms. The number of aryl methyl sites for hydroxylation is 3. The maximum atomic E-state index is 12.7. The fourth-order valence-electron chi connectivity index (χ4n) is 2.82. The number of rotatable bonds is 3. The van der Waals surface area contributed by atoms with Gasteiger partial charge in [0.2, 0.25) is 5.78 Å². The Labute approximate surface area is 126 Å². The van der Waals surface area contributed by atoms with Gasteiger partial charge < -0.3 is 4.57 Å². The van der Waals surface area contributed by atoms with Crippen molar-refractivity contribution in [3.05, 3.63) is 44.9 Å². The first kappa shape index (κ1) is 14.4. The molecule has 0 aromatic carbocycles. The van der Waals surface area contributed by atoms with E-state index in [1.165, 1.54) is 9.13 Å². The fourth-order valence-corrected chi connectivity index (χ4v) is 2.82. The molecule has 7 nitrogen and oxygen atoms in total. The van der Waals surface area contributed by atoms with Gasteiger partial charge in [-0.05, 0) is 20.8 Å². The molecule has 0 aliphatic heterocycles. The van der Waals surface area contributed by atoms with Crippen molar-refractivity contribution in [1.29, 1.82) is 0 Å². The molecule has 3 aromatic rings. The van der Waals surface area contributed by atoms with Gasteiger partial charge in [-0.15, -0.1) is 0 Å². The van der Waals surface area contributed by atoms with Crippen LogP contribution in [-0.2, 0) is 20.1 Å². The molecule has 0 bridgehead atoms. The predicted molar refractivity (Wildman–Crippen MR) is 85.4 cm³/mol. The first-order valence-electron chi connectivity index (χ1n) is 7.30. The average molecular weight is 301 g/mol. The van der Waals surface area contributed by atoms with Crippen molar-refractivity contribution in [2.45, 2.75) is 33.9 Å². The lowest BCUT2D eigenvalue weighted by molar-refractivity contribution is 0.666. The Kier molecular flexibility index (Phi) is 3.27. The molecular formula is C15H19N5O2. The number of hydrogen-bond acceptors (Lipinski definition) is 3. The molecule has 22 heavy (non-hydrogen) atoms. The number of imidazole rings is 2. The molecule has 0 unspecified atom stereocenters. The lowest BCUT2D eigenvalue weighted by atomic mass is 10.4. The largest absolute Gasteiger partial charge is 0.332 e. The molecule has 0 saturated carbocycles. The Morgan fingerprint density at radius 2 is 2.00 bits per heavy atom. The molecular weight excluding hydrogens is 282 g/mol. The van der Waals surface area contributed by atoms with E-state index in [-0.39, 0.29) is 17.8 Å². The van der Waals surface area contributed by atoms with Crippen LogP contribution in [0.15, 0.2) is 27.9 Å². The molecule has 3 heterocycles. The monoisotopic (exact) mass is 301 g/mol. The third-order valence-corrected chi connectivity index (χ3v) is 3.98. The van der Waals surface area contributed by atoms with Gasteiger partial charge in [0.1, 0.15) is 0 Å². The van der Waals surface area contributed by atoms with Gasteiger partial charge in [0.15, 0.2) is 11.2 Å². The Bertz CT molecular complexity index is 1010. The lowest BCUT2D eigenvalue weighted by Crippen LogP contribution is -2.39. The van der Waals surface area contributed by atoms with Crippen molar-refractivity contribution in [1.82, 2.24) is 23.1 Å². The molecule has 0 radical (unpaired) electrons. The number of nitrogens with zero attached hydrogens (tertiary/aromatic N) is 5. The van der Waals surface area contributed by atoms with Gasteiger partial charge in [-0.1, -0.05) is 12.2 Å². The minimum absolute atomic E-state index is 0.263. The van der Waals surface area contributed by atoms with Crippen LogP contribution in [0.4, 0.5) is 0 Å². The summed E-state index contributed by atoms with van der Waals surface area (Å²) in [7, 11) is 1.64. The predicted octanol–water partition coefficient (Wildman–Crippen LogP) is 1.05. The highest BCUT2D eigenvalue weighted by Crippen LogP contribution is 2.15.